The zero-order valence-corrected chi connectivity index (χ0v) is 19.8. The molecule has 0 radical (unpaired) electrons. The lowest BCUT2D eigenvalue weighted by Gasteiger charge is -2.34. The maximum atomic E-state index is 13.1. The molecular formula is C26H31N3O5. The molecule has 1 fully saturated rings. The Morgan fingerprint density at radius 2 is 1.65 bits per heavy atom. The highest BCUT2D eigenvalue weighted by Gasteiger charge is 2.28. The number of piperazine rings is 1. The molecule has 0 bridgehead atoms. The Hall–Kier alpha value is -3.55. The summed E-state index contributed by atoms with van der Waals surface area (Å²) in [4.78, 5) is 42.8. The Kier molecular flexibility index (Phi) is 7.35. The van der Waals surface area contributed by atoms with Crippen molar-refractivity contribution in [2.24, 2.45) is 0 Å². The molecule has 0 spiro atoms. The minimum absolute atomic E-state index is 0.0197. The number of ether oxygens (including phenoxy) is 2. The number of hydrogen-bond acceptors (Lipinski definition) is 5. The second kappa shape index (κ2) is 10.6. The second-order valence-electron chi connectivity index (χ2n) is 8.60. The first-order valence-corrected chi connectivity index (χ1v) is 11.7. The van der Waals surface area contributed by atoms with E-state index in [0.29, 0.717) is 63.6 Å². The molecule has 0 N–H and O–H groups in total. The Morgan fingerprint density at radius 3 is 2.35 bits per heavy atom. The third kappa shape index (κ3) is 5.32. The van der Waals surface area contributed by atoms with Crippen molar-refractivity contribution < 1.29 is 23.9 Å². The third-order valence-electron chi connectivity index (χ3n) is 6.29. The number of nitrogens with zero attached hydrogens (tertiary/aromatic N) is 3. The van der Waals surface area contributed by atoms with E-state index in [1.165, 1.54) is 5.56 Å². The van der Waals surface area contributed by atoms with Gasteiger partial charge in [0.05, 0.1) is 6.61 Å². The standard InChI is InChI=1S/C26H31N3O5/c1-3-33-26(32)28-15-13-27(14-16-28)24(30)18-34-23-6-4-5-22-21(23)11-12-29(25(22)31)17-20-9-7-19(2)8-10-20/h4-10H,3,11-18H2,1-2H3. The van der Waals surface area contributed by atoms with Crippen molar-refractivity contribution in [3.05, 3.63) is 64.7 Å². The van der Waals surface area contributed by atoms with Gasteiger partial charge in [-0.25, -0.2) is 4.79 Å². The molecule has 2 heterocycles. The van der Waals surface area contributed by atoms with E-state index in [2.05, 4.69) is 24.3 Å². The maximum absolute atomic E-state index is 13.1. The summed E-state index contributed by atoms with van der Waals surface area (Å²) in [7, 11) is 0. The van der Waals surface area contributed by atoms with Crippen LogP contribution in [0.15, 0.2) is 42.5 Å². The van der Waals surface area contributed by atoms with Gasteiger partial charge in [-0.1, -0.05) is 35.9 Å². The van der Waals surface area contributed by atoms with Crippen molar-refractivity contribution in [1.82, 2.24) is 14.7 Å². The molecule has 2 aromatic carbocycles. The van der Waals surface area contributed by atoms with Gasteiger partial charge >= 0.3 is 6.09 Å². The van der Waals surface area contributed by atoms with E-state index in [0.717, 1.165) is 11.1 Å². The summed E-state index contributed by atoms with van der Waals surface area (Å²) in [5, 5.41) is 0. The third-order valence-corrected chi connectivity index (χ3v) is 6.29. The number of carbonyl (C=O) groups is 3. The zero-order chi connectivity index (χ0) is 24.1. The van der Waals surface area contributed by atoms with Crippen LogP contribution in [0.4, 0.5) is 4.79 Å². The summed E-state index contributed by atoms with van der Waals surface area (Å²) in [6.07, 6.45) is 0.332. The summed E-state index contributed by atoms with van der Waals surface area (Å²) in [6.45, 7) is 6.99. The molecule has 8 heteroatoms. The van der Waals surface area contributed by atoms with Gasteiger partial charge in [-0.2, -0.15) is 0 Å². The molecule has 4 rings (SSSR count). The first-order chi connectivity index (χ1) is 16.5. The van der Waals surface area contributed by atoms with Crippen LogP contribution in [0.2, 0.25) is 0 Å². The van der Waals surface area contributed by atoms with Gasteiger partial charge < -0.3 is 24.2 Å². The van der Waals surface area contributed by atoms with Gasteiger partial charge in [0.15, 0.2) is 6.61 Å². The minimum atomic E-state index is -0.345. The normalized spacial score (nSPS) is 15.7. The first-order valence-electron chi connectivity index (χ1n) is 11.7. The molecule has 34 heavy (non-hydrogen) atoms. The number of fused-ring (bicyclic) bond motifs is 1. The summed E-state index contributed by atoms with van der Waals surface area (Å²) >= 11 is 0. The molecule has 2 aliphatic heterocycles. The Morgan fingerprint density at radius 1 is 0.941 bits per heavy atom. The smallest absolute Gasteiger partial charge is 0.409 e. The van der Waals surface area contributed by atoms with Crippen LogP contribution in [0.3, 0.4) is 0 Å². The van der Waals surface area contributed by atoms with E-state index in [9.17, 15) is 14.4 Å². The van der Waals surface area contributed by atoms with Crippen LogP contribution in [0, 0.1) is 6.92 Å². The zero-order valence-electron chi connectivity index (χ0n) is 19.8. The van der Waals surface area contributed by atoms with Crippen molar-refractivity contribution >= 4 is 17.9 Å². The molecule has 0 saturated carbocycles. The SMILES string of the molecule is CCOC(=O)N1CCN(C(=O)COc2cccc3c2CCN(Cc2ccc(C)cc2)C3=O)CC1. The van der Waals surface area contributed by atoms with E-state index in [-0.39, 0.29) is 24.5 Å². The average Bonchev–Trinajstić information content (AvgIpc) is 2.86. The van der Waals surface area contributed by atoms with Crippen molar-refractivity contribution in [3.63, 3.8) is 0 Å². The molecule has 2 aliphatic rings. The Balaban J connectivity index is 1.34. The van der Waals surface area contributed by atoms with Gasteiger partial charge in [0, 0.05) is 50.4 Å². The number of hydrogen-bond donors (Lipinski definition) is 0. The van der Waals surface area contributed by atoms with Crippen LogP contribution >= 0.6 is 0 Å². The van der Waals surface area contributed by atoms with Gasteiger partial charge in [0.25, 0.3) is 11.8 Å². The number of benzene rings is 2. The molecule has 0 aromatic heterocycles. The van der Waals surface area contributed by atoms with E-state index in [1.807, 2.05) is 24.0 Å². The average molecular weight is 466 g/mol. The number of carbonyl (C=O) groups excluding carboxylic acids is 3. The molecule has 0 aliphatic carbocycles. The predicted molar refractivity (Wildman–Crippen MR) is 127 cm³/mol. The Labute approximate surface area is 200 Å². The molecule has 0 atom stereocenters. The van der Waals surface area contributed by atoms with Crippen LogP contribution in [0.25, 0.3) is 0 Å². The van der Waals surface area contributed by atoms with Gasteiger partial charge in [-0.05, 0) is 38.0 Å². The highest BCUT2D eigenvalue weighted by Crippen LogP contribution is 2.29. The lowest BCUT2D eigenvalue weighted by atomic mass is 9.97. The van der Waals surface area contributed by atoms with Crippen LogP contribution in [0.5, 0.6) is 5.75 Å². The van der Waals surface area contributed by atoms with Crippen molar-refractivity contribution in [2.45, 2.75) is 26.8 Å². The topological polar surface area (TPSA) is 79.4 Å². The monoisotopic (exact) mass is 465 g/mol. The van der Waals surface area contributed by atoms with Gasteiger partial charge in [0.1, 0.15) is 5.75 Å². The number of aryl methyl sites for hydroxylation is 1. The van der Waals surface area contributed by atoms with Crippen LogP contribution in [-0.4, -0.2) is 78.5 Å². The second-order valence-corrected chi connectivity index (χ2v) is 8.60. The van der Waals surface area contributed by atoms with E-state index in [1.54, 1.807) is 22.8 Å². The van der Waals surface area contributed by atoms with Gasteiger partial charge in [-0.3, -0.25) is 9.59 Å². The van der Waals surface area contributed by atoms with E-state index >= 15 is 0 Å². The lowest BCUT2D eigenvalue weighted by molar-refractivity contribution is -0.135. The molecule has 0 unspecified atom stereocenters. The fourth-order valence-electron chi connectivity index (χ4n) is 4.33. The quantitative estimate of drug-likeness (QED) is 0.656. The van der Waals surface area contributed by atoms with E-state index < -0.39 is 0 Å². The summed E-state index contributed by atoms with van der Waals surface area (Å²) < 4.78 is 10.9. The fourth-order valence-corrected chi connectivity index (χ4v) is 4.33. The van der Waals surface area contributed by atoms with Gasteiger partial charge in [0.2, 0.25) is 0 Å². The van der Waals surface area contributed by atoms with Crippen molar-refractivity contribution in [3.8, 4) is 5.75 Å². The summed E-state index contributed by atoms with van der Waals surface area (Å²) in [5.74, 6) is 0.428. The van der Waals surface area contributed by atoms with E-state index in [4.69, 9.17) is 9.47 Å². The largest absolute Gasteiger partial charge is 0.483 e. The minimum Gasteiger partial charge on any atom is -0.483 e. The first kappa shape index (κ1) is 23.6. The van der Waals surface area contributed by atoms with Crippen LogP contribution < -0.4 is 4.74 Å². The fraction of sp³-hybridized carbons (Fsp3) is 0.423. The molecule has 2 aromatic rings. The Bertz CT molecular complexity index is 1040. The number of amides is 3. The highest BCUT2D eigenvalue weighted by atomic mass is 16.6. The van der Waals surface area contributed by atoms with Gasteiger partial charge in [-0.15, -0.1) is 0 Å². The van der Waals surface area contributed by atoms with Crippen molar-refractivity contribution in [2.75, 3.05) is 45.9 Å². The molecule has 1 saturated heterocycles. The highest BCUT2D eigenvalue weighted by molar-refractivity contribution is 5.97. The molecule has 3 amide bonds. The van der Waals surface area contributed by atoms with Crippen LogP contribution in [-0.2, 0) is 22.5 Å². The lowest BCUT2D eigenvalue weighted by Crippen LogP contribution is -2.51. The molecule has 180 valence electrons. The molecular weight excluding hydrogens is 434 g/mol. The van der Waals surface area contributed by atoms with Crippen molar-refractivity contribution in [1.29, 1.82) is 0 Å². The predicted octanol–water partition coefficient (Wildman–Crippen LogP) is 2.87. The molecule has 8 nitrogen and oxygen atoms in total. The van der Waals surface area contributed by atoms with Crippen LogP contribution in [0.1, 0.15) is 34.0 Å². The maximum Gasteiger partial charge on any atom is 0.409 e. The summed E-state index contributed by atoms with van der Waals surface area (Å²) in [6, 6.07) is 13.6. The summed E-state index contributed by atoms with van der Waals surface area (Å²) in [5.41, 5.74) is 3.78. The number of rotatable bonds is 6.